The zero-order valence-corrected chi connectivity index (χ0v) is 15.0. The Balaban J connectivity index is 1.84. The summed E-state index contributed by atoms with van der Waals surface area (Å²) in [6, 6.07) is 18.5. The number of aliphatic carboxylic acids is 1. The molecule has 0 atom stereocenters. The van der Waals surface area contributed by atoms with Gasteiger partial charge in [0.1, 0.15) is 5.75 Å². The minimum absolute atomic E-state index is 0.0415. The van der Waals surface area contributed by atoms with E-state index >= 15 is 0 Å². The van der Waals surface area contributed by atoms with E-state index in [1.807, 2.05) is 49.1 Å². The predicted octanol–water partition coefficient (Wildman–Crippen LogP) is 3.99. The van der Waals surface area contributed by atoms with E-state index in [1.54, 1.807) is 0 Å². The van der Waals surface area contributed by atoms with E-state index in [4.69, 9.17) is 9.84 Å². The average molecular weight is 341 g/mol. The van der Waals surface area contributed by atoms with Gasteiger partial charge in [-0.1, -0.05) is 42.5 Å². The van der Waals surface area contributed by atoms with Crippen LogP contribution in [0.4, 0.5) is 0 Å². The van der Waals surface area contributed by atoms with Crippen molar-refractivity contribution < 1.29 is 14.6 Å². The first-order valence-corrected chi connectivity index (χ1v) is 8.76. The molecule has 0 aliphatic rings. The van der Waals surface area contributed by atoms with E-state index in [1.165, 1.54) is 5.56 Å². The van der Waals surface area contributed by atoms with Gasteiger partial charge in [0, 0.05) is 12.6 Å². The van der Waals surface area contributed by atoms with Gasteiger partial charge in [-0.3, -0.25) is 9.69 Å². The van der Waals surface area contributed by atoms with E-state index in [0.717, 1.165) is 24.2 Å². The lowest BCUT2D eigenvalue weighted by molar-refractivity contribution is -0.138. The molecule has 0 unspecified atom stereocenters. The Morgan fingerprint density at radius 1 is 1.08 bits per heavy atom. The predicted molar refractivity (Wildman–Crippen MR) is 99.9 cm³/mol. The number of benzene rings is 2. The fourth-order valence-electron chi connectivity index (χ4n) is 2.67. The second kappa shape index (κ2) is 9.84. The number of carboxylic acid groups (broad SMARTS) is 1. The smallest absolute Gasteiger partial charge is 0.317 e. The van der Waals surface area contributed by atoms with Gasteiger partial charge in [0.25, 0.3) is 0 Å². The molecule has 0 aromatic heterocycles. The van der Waals surface area contributed by atoms with Gasteiger partial charge in [-0.05, 0) is 49.9 Å². The van der Waals surface area contributed by atoms with Crippen molar-refractivity contribution in [3.8, 4) is 5.75 Å². The minimum atomic E-state index is -0.804. The molecular formula is C21H27NO3. The molecule has 0 radical (unpaired) electrons. The van der Waals surface area contributed by atoms with Crippen LogP contribution < -0.4 is 4.74 Å². The zero-order chi connectivity index (χ0) is 18.1. The van der Waals surface area contributed by atoms with Crippen molar-refractivity contribution in [3.05, 3.63) is 65.7 Å². The summed E-state index contributed by atoms with van der Waals surface area (Å²) < 4.78 is 5.86. The van der Waals surface area contributed by atoms with Crippen molar-refractivity contribution in [2.24, 2.45) is 0 Å². The van der Waals surface area contributed by atoms with Crippen LogP contribution in [0.1, 0.15) is 31.4 Å². The standard InChI is InChI=1S/C21H27NO3/c1-17(2)22(16-21(23)24)15-19-10-6-12-20(14-19)25-13-7-11-18-8-4-3-5-9-18/h3-6,8-10,12,14,17H,7,11,13,15-16H2,1-2H3,(H,23,24). The first-order valence-electron chi connectivity index (χ1n) is 8.76. The van der Waals surface area contributed by atoms with Crippen LogP contribution in [0.2, 0.25) is 0 Å². The second-order valence-electron chi connectivity index (χ2n) is 6.48. The van der Waals surface area contributed by atoms with Crippen molar-refractivity contribution in [2.45, 2.75) is 39.3 Å². The van der Waals surface area contributed by atoms with Gasteiger partial charge in [0.15, 0.2) is 0 Å². The first-order chi connectivity index (χ1) is 12.0. The van der Waals surface area contributed by atoms with Gasteiger partial charge in [0.2, 0.25) is 0 Å². The van der Waals surface area contributed by atoms with Crippen LogP contribution in [-0.2, 0) is 17.8 Å². The molecular weight excluding hydrogens is 314 g/mol. The molecule has 0 aliphatic heterocycles. The average Bonchev–Trinajstić information content (AvgIpc) is 2.59. The first kappa shape index (κ1) is 19.0. The van der Waals surface area contributed by atoms with Crippen molar-refractivity contribution in [1.29, 1.82) is 0 Å². The summed E-state index contributed by atoms with van der Waals surface area (Å²) in [5.41, 5.74) is 2.39. The number of carbonyl (C=O) groups is 1. The third kappa shape index (κ3) is 6.98. The minimum Gasteiger partial charge on any atom is -0.494 e. The lowest BCUT2D eigenvalue weighted by Gasteiger charge is -2.24. The number of ether oxygens (including phenoxy) is 1. The Bertz CT molecular complexity index is 655. The molecule has 4 heteroatoms. The SMILES string of the molecule is CC(C)N(CC(=O)O)Cc1cccc(OCCCc2ccccc2)c1. The Morgan fingerprint density at radius 2 is 1.80 bits per heavy atom. The fraction of sp³-hybridized carbons (Fsp3) is 0.381. The summed E-state index contributed by atoms with van der Waals surface area (Å²) in [5, 5.41) is 9.04. The number of carboxylic acids is 1. The number of nitrogens with zero attached hydrogens (tertiary/aromatic N) is 1. The highest BCUT2D eigenvalue weighted by atomic mass is 16.5. The molecule has 0 saturated carbocycles. The molecule has 4 nitrogen and oxygen atoms in total. The van der Waals surface area contributed by atoms with Gasteiger partial charge in [-0.25, -0.2) is 0 Å². The summed E-state index contributed by atoms with van der Waals surface area (Å²) in [6.07, 6.45) is 1.96. The normalized spacial score (nSPS) is 11.0. The number of aryl methyl sites for hydroxylation is 1. The third-order valence-corrected chi connectivity index (χ3v) is 4.07. The molecule has 2 rings (SSSR count). The van der Waals surface area contributed by atoms with E-state index in [9.17, 15) is 4.79 Å². The van der Waals surface area contributed by atoms with Crippen molar-refractivity contribution in [2.75, 3.05) is 13.2 Å². The molecule has 0 amide bonds. The molecule has 0 aliphatic carbocycles. The fourth-order valence-corrected chi connectivity index (χ4v) is 2.67. The Morgan fingerprint density at radius 3 is 2.48 bits per heavy atom. The lowest BCUT2D eigenvalue weighted by Crippen LogP contribution is -2.35. The maximum Gasteiger partial charge on any atom is 0.317 e. The van der Waals surface area contributed by atoms with Crippen molar-refractivity contribution in [1.82, 2.24) is 4.90 Å². The Labute approximate surface area is 150 Å². The number of hydrogen-bond acceptors (Lipinski definition) is 3. The zero-order valence-electron chi connectivity index (χ0n) is 15.0. The molecule has 2 aromatic rings. The highest BCUT2D eigenvalue weighted by Gasteiger charge is 2.14. The number of rotatable bonds is 10. The van der Waals surface area contributed by atoms with Crippen LogP contribution in [0.3, 0.4) is 0 Å². The van der Waals surface area contributed by atoms with E-state index in [-0.39, 0.29) is 12.6 Å². The summed E-state index contributed by atoms with van der Waals surface area (Å²) >= 11 is 0. The van der Waals surface area contributed by atoms with Crippen LogP contribution in [0, 0.1) is 0 Å². The summed E-state index contributed by atoms with van der Waals surface area (Å²) in [5.74, 6) is 0.0339. The topological polar surface area (TPSA) is 49.8 Å². The van der Waals surface area contributed by atoms with Gasteiger partial charge in [-0.2, -0.15) is 0 Å². The number of hydrogen-bond donors (Lipinski definition) is 1. The van der Waals surface area contributed by atoms with Gasteiger partial charge < -0.3 is 9.84 Å². The van der Waals surface area contributed by atoms with Crippen LogP contribution in [0.5, 0.6) is 5.75 Å². The lowest BCUT2D eigenvalue weighted by atomic mass is 10.1. The van der Waals surface area contributed by atoms with Gasteiger partial charge in [-0.15, -0.1) is 0 Å². The third-order valence-electron chi connectivity index (χ3n) is 4.07. The molecule has 0 bridgehead atoms. The van der Waals surface area contributed by atoms with E-state index in [0.29, 0.717) is 13.2 Å². The van der Waals surface area contributed by atoms with Crippen molar-refractivity contribution in [3.63, 3.8) is 0 Å². The van der Waals surface area contributed by atoms with Crippen LogP contribution in [-0.4, -0.2) is 35.2 Å². The molecule has 134 valence electrons. The van der Waals surface area contributed by atoms with Crippen LogP contribution >= 0.6 is 0 Å². The maximum absolute atomic E-state index is 11.0. The van der Waals surface area contributed by atoms with E-state index in [2.05, 4.69) is 24.3 Å². The second-order valence-corrected chi connectivity index (χ2v) is 6.48. The summed E-state index contributed by atoms with van der Waals surface area (Å²) in [6.45, 7) is 5.33. The van der Waals surface area contributed by atoms with E-state index < -0.39 is 5.97 Å². The molecule has 0 saturated heterocycles. The molecule has 25 heavy (non-hydrogen) atoms. The van der Waals surface area contributed by atoms with Crippen molar-refractivity contribution >= 4 is 5.97 Å². The van der Waals surface area contributed by atoms with Gasteiger partial charge >= 0.3 is 5.97 Å². The Hall–Kier alpha value is -2.33. The van der Waals surface area contributed by atoms with Gasteiger partial charge in [0.05, 0.1) is 13.2 Å². The molecule has 0 fully saturated rings. The maximum atomic E-state index is 11.0. The quantitative estimate of drug-likeness (QED) is 0.664. The van der Waals surface area contributed by atoms with Crippen LogP contribution in [0.25, 0.3) is 0 Å². The highest BCUT2D eigenvalue weighted by Crippen LogP contribution is 2.16. The molecule has 1 N–H and O–H groups in total. The largest absolute Gasteiger partial charge is 0.494 e. The van der Waals surface area contributed by atoms with Crippen LogP contribution in [0.15, 0.2) is 54.6 Å². The molecule has 0 spiro atoms. The molecule has 2 aromatic carbocycles. The summed E-state index contributed by atoms with van der Waals surface area (Å²) in [7, 11) is 0. The molecule has 0 heterocycles. The summed E-state index contributed by atoms with van der Waals surface area (Å²) in [4.78, 5) is 12.9. The Kier molecular flexibility index (Phi) is 7.48. The monoisotopic (exact) mass is 341 g/mol. The highest BCUT2D eigenvalue weighted by molar-refractivity contribution is 5.69.